The number of benzene rings is 1. The summed E-state index contributed by atoms with van der Waals surface area (Å²) in [4.78, 5) is 22.3. The van der Waals surface area contributed by atoms with Crippen LogP contribution in [0.15, 0.2) is 29.4 Å². The van der Waals surface area contributed by atoms with E-state index in [1.165, 1.54) is 10.7 Å². The zero-order chi connectivity index (χ0) is 27.8. The van der Waals surface area contributed by atoms with Crippen molar-refractivity contribution in [2.45, 2.75) is 77.5 Å². The summed E-state index contributed by atoms with van der Waals surface area (Å²) in [6.45, 7) is 12.8. The Morgan fingerprint density at radius 2 is 1.82 bits per heavy atom. The molecule has 0 fully saturated rings. The van der Waals surface area contributed by atoms with Crippen LogP contribution >= 0.6 is 0 Å². The third-order valence-electron chi connectivity index (χ3n) is 6.75. The van der Waals surface area contributed by atoms with Crippen LogP contribution in [0.4, 0.5) is 0 Å². The van der Waals surface area contributed by atoms with Crippen LogP contribution in [0.5, 0.6) is 5.88 Å². The Morgan fingerprint density at radius 3 is 2.39 bits per heavy atom. The molecule has 0 saturated carbocycles. The highest BCUT2D eigenvalue weighted by Gasteiger charge is 2.28. The van der Waals surface area contributed by atoms with Gasteiger partial charge < -0.3 is 9.47 Å². The highest BCUT2D eigenvalue weighted by Crippen LogP contribution is 2.33. The van der Waals surface area contributed by atoms with Crippen LogP contribution in [-0.2, 0) is 32.5 Å². The molecule has 1 aromatic carbocycles. The van der Waals surface area contributed by atoms with E-state index in [9.17, 15) is 13.2 Å². The van der Waals surface area contributed by atoms with E-state index in [0.29, 0.717) is 24.9 Å². The van der Waals surface area contributed by atoms with Crippen molar-refractivity contribution in [3.05, 3.63) is 52.3 Å². The van der Waals surface area contributed by atoms with Gasteiger partial charge >= 0.3 is 0 Å². The van der Waals surface area contributed by atoms with Crippen molar-refractivity contribution in [2.24, 2.45) is 0 Å². The maximum absolute atomic E-state index is 13.1. The van der Waals surface area contributed by atoms with Gasteiger partial charge in [0.1, 0.15) is 12.7 Å². The van der Waals surface area contributed by atoms with Crippen LogP contribution in [0.25, 0.3) is 11.4 Å². The number of nitrogens with one attached hydrogen (secondary N) is 1. The number of carbonyl (C=O) groups is 1. The summed E-state index contributed by atoms with van der Waals surface area (Å²) in [6, 6.07) is 5.33. The molecular weight excluding hydrogens is 506 g/mol. The van der Waals surface area contributed by atoms with Gasteiger partial charge in [0, 0.05) is 30.6 Å². The van der Waals surface area contributed by atoms with Crippen LogP contribution in [0, 0.1) is 13.8 Å². The smallest absolute Gasteiger partial charge is 0.283 e. The maximum atomic E-state index is 13.1. The van der Waals surface area contributed by atoms with Gasteiger partial charge in [-0.2, -0.15) is 13.5 Å². The highest BCUT2D eigenvalue weighted by molar-refractivity contribution is 7.90. The molecule has 204 valence electrons. The molecule has 0 saturated heterocycles. The second kappa shape index (κ2) is 10.8. The molecule has 1 atom stereocenters. The lowest BCUT2D eigenvalue weighted by molar-refractivity contribution is -0.118. The summed E-state index contributed by atoms with van der Waals surface area (Å²) in [5.74, 6) is 0.482. The second-order valence-corrected chi connectivity index (χ2v) is 11.9. The van der Waals surface area contributed by atoms with Crippen molar-refractivity contribution in [1.82, 2.24) is 24.5 Å². The molecule has 3 heterocycles. The number of carbonyl (C=O) groups excluding carboxylic acids is 1. The Kier molecular flexibility index (Phi) is 7.89. The number of rotatable bonds is 8. The first-order valence-electron chi connectivity index (χ1n) is 12.7. The average Bonchev–Trinajstić information content (AvgIpc) is 3.29. The first-order chi connectivity index (χ1) is 17.9. The van der Waals surface area contributed by atoms with Gasteiger partial charge in [0.2, 0.25) is 16.8 Å². The van der Waals surface area contributed by atoms with Crippen LogP contribution < -0.4 is 9.46 Å². The van der Waals surface area contributed by atoms with Crippen molar-refractivity contribution in [3.63, 3.8) is 0 Å². The number of fused-ring (bicyclic) bond motifs is 1. The summed E-state index contributed by atoms with van der Waals surface area (Å²) < 4.78 is 40.5. The molecule has 0 aliphatic carbocycles. The van der Waals surface area contributed by atoms with Crippen molar-refractivity contribution < 1.29 is 22.7 Å². The molecule has 0 unspecified atom stereocenters. The fourth-order valence-electron chi connectivity index (χ4n) is 4.47. The topological polar surface area (TPSA) is 125 Å². The van der Waals surface area contributed by atoms with Crippen molar-refractivity contribution in [1.29, 1.82) is 0 Å². The first kappa shape index (κ1) is 27.7. The fourth-order valence-corrected chi connectivity index (χ4v) is 5.41. The van der Waals surface area contributed by atoms with E-state index in [4.69, 9.17) is 9.47 Å². The third kappa shape index (κ3) is 5.73. The Morgan fingerprint density at radius 1 is 1.16 bits per heavy atom. The van der Waals surface area contributed by atoms with E-state index in [1.807, 2.05) is 59.9 Å². The van der Waals surface area contributed by atoms with Crippen molar-refractivity contribution in [3.8, 4) is 17.3 Å². The maximum Gasteiger partial charge on any atom is 0.283 e. The van der Waals surface area contributed by atoms with Gasteiger partial charge in [0.15, 0.2) is 5.82 Å². The molecule has 3 aromatic rings. The van der Waals surface area contributed by atoms with Gasteiger partial charge in [0.25, 0.3) is 10.0 Å². The van der Waals surface area contributed by atoms with Crippen LogP contribution in [0.2, 0.25) is 0 Å². The summed E-state index contributed by atoms with van der Waals surface area (Å²) in [7, 11) is -2.64. The molecule has 4 rings (SSSR count). The van der Waals surface area contributed by atoms with E-state index in [0.717, 1.165) is 33.5 Å². The standard InChI is InChI=1S/C27H35N5O5S/c1-15(2)21-8-19(27-28-12-17(5)18(6)29-27)9-22(16(3)4)23(21)10-24(33)31-38(34,35)25-11-26-32(30-25)13-20(36-7)14-37-26/h8-9,11-12,15-16,20H,10,13-14H2,1-7H3,(H,31,33)/t20-/m1/s1. The Bertz CT molecular complexity index is 1430. The van der Waals surface area contributed by atoms with Gasteiger partial charge in [-0.1, -0.05) is 27.7 Å². The van der Waals surface area contributed by atoms with E-state index >= 15 is 0 Å². The molecule has 0 radical (unpaired) electrons. The summed E-state index contributed by atoms with van der Waals surface area (Å²) >= 11 is 0. The Balaban J connectivity index is 1.63. The molecule has 1 N–H and O–H groups in total. The van der Waals surface area contributed by atoms with Gasteiger partial charge in [-0.05, 0) is 60.1 Å². The van der Waals surface area contributed by atoms with E-state index in [-0.39, 0.29) is 29.4 Å². The monoisotopic (exact) mass is 541 g/mol. The van der Waals surface area contributed by atoms with Gasteiger partial charge in [-0.25, -0.2) is 19.4 Å². The van der Waals surface area contributed by atoms with Gasteiger partial charge in [-0.3, -0.25) is 4.79 Å². The number of methoxy groups -OCH3 is 1. The van der Waals surface area contributed by atoms with E-state index < -0.39 is 15.9 Å². The third-order valence-corrected chi connectivity index (χ3v) is 8.00. The quantitative estimate of drug-likeness (QED) is 0.458. The zero-order valence-corrected chi connectivity index (χ0v) is 23.7. The largest absolute Gasteiger partial charge is 0.475 e. The average molecular weight is 542 g/mol. The summed E-state index contributed by atoms with van der Waals surface area (Å²) in [6.07, 6.45) is 1.49. The predicted molar refractivity (Wildman–Crippen MR) is 143 cm³/mol. The zero-order valence-electron chi connectivity index (χ0n) is 22.9. The van der Waals surface area contributed by atoms with E-state index in [2.05, 4.69) is 19.8 Å². The lowest BCUT2D eigenvalue weighted by Crippen LogP contribution is -2.33. The number of amides is 1. The first-order valence-corrected chi connectivity index (χ1v) is 14.1. The van der Waals surface area contributed by atoms with E-state index in [1.54, 1.807) is 7.11 Å². The molecule has 2 aromatic heterocycles. The van der Waals surface area contributed by atoms with Crippen LogP contribution in [0.1, 0.15) is 67.5 Å². The molecule has 1 aliphatic rings. The van der Waals surface area contributed by atoms with Gasteiger partial charge in [-0.15, -0.1) is 0 Å². The number of ether oxygens (including phenoxy) is 2. The molecular formula is C27H35N5O5S. The lowest BCUT2D eigenvalue weighted by atomic mass is 9.85. The Labute approximate surface area is 223 Å². The van der Waals surface area contributed by atoms with Crippen LogP contribution in [-0.4, -0.2) is 53.9 Å². The minimum absolute atomic E-state index is 0.0872. The molecule has 0 spiro atoms. The predicted octanol–water partition coefficient (Wildman–Crippen LogP) is 3.66. The number of sulfonamides is 1. The van der Waals surface area contributed by atoms with Gasteiger partial charge in [0.05, 0.1) is 13.0 Å². The minimum atomic E-state index is -4.20. The van der Waals surface area contributed by atoms with Crippen molar-refractivity contribution >= 4 is 15.9 Å². The number of hydrogen-bond donors (Lipinski definition) is 1. The van der Waals surface area contributed by atoms with Crippen molar-refractivity contribution in [2.75, 3.05) is 13.7 Å². The molecule has 10 nitrogen and oxygen atoms in total. The molecule has 38 heavy (non-hydrogen) atoms. The second-order valence-electron chi connectivity index (χ2n) is 10.3. The summed E-state index contributed by atoms with van der Waals surface area (Å²) in [5.41, 5.74) is 5.51. The Hall–Kier alpha value is -3.31. The molecule has 1 amide bonds. The van der Waals surface area contributed by atoms with Crippen LogP contribution in [0.3, 0.4) is 0 Å². The number of aryl methyl sites for hydroxylation is 2. The minimum Gasteiger partial charge on any atom is -0.475 e. The molecule has 1 aliphatic heterocycles. The number of aromatic nitrogens is 4. The lowest BCUT2D eigenvalue weighted by Gasteiger charge is -2.22. The normalized spacial score (nSPS) is 15.4. The molecule has 0 bridgehead atoms. The molecule has 11 heteroatoms. The fraction of sp³-hybridized carbons (Fsp3) is 0.481. The summed E-state index contributed by atoms with van der Waals surface area (Å²) in [5, 5.41) is 3.86. The highest BCUT2D eigenvalue weighted by atomic mass is 32.2. The number of hydrogen-bond acceptors (Lipinski definition) is 8. The number of nitrogens with zero attached hydrogens (tertiary/aromatic N) is 4. The SMILES string of the molecule is CO[C@H]1COc2cc(S(=O)(=O)NC(=O)Cc3c(C(C)C)cc(-c4ncc(C)c(C)n4)cc3C(C)C)nn2C1.